The fourth-order valence-corrected chi connectivity index (χ4v) is 4.21. The Morgan fingerprint density at radius 2 is 1.79 bits per heavy atom. The number of fused-ring (bicyclic) bond motifs is 1. The third-order valence-electron chi connectivity index (χ3n) is 5.62. The van der Waals surface area contributed by atoms with Crippen molar-refractivity contribution in [2.24, 2.45) is 12.0 Å². The monoisotopic (exact) mass is 576 g/mol. The first-order valence-corrected chi connectivity index (χ1v) is 11.9. The summed E-state index contributed by atoms with van der Waals surface area (Å²) in [5.41, 5.74) is 3.20. The largest absolute Gasteiger partial charge is 0.573 e. The number of alkyl halides is 3. The van der Waals surface area contributed by atoms with Crippen molar-refractivity contribution in [1.82, 2.24) is 29.8 Å². The van der Waals surface area contributed by atoms with Crippen LogP contribution in [-0.4, -0.2) is 42.0 Å². The summed E-state index contributed by atoms with van der Waals surface area (Å²) < 4.78 is 45.8. The lowest BCUT2D eigenvalue weighted by atomic mass is 10.1. The first-order chi connectivity index (χ1) is 18.6. The SMILES string of the molecule is Cn1c(=Nc2cccc(OC(F)(F)F)c2)n(Cc2ccc(C(=O)Nc3nn[nH]n3)cc2)c2cc(Cl)c(Cl)cc21. The van der Waals surface area contributed by atoms with Crippen LogP contribution < -0.4 is 15.7 Å². The summed E-state index contributed by atoms with van der Waals surface area (Å²) >= 11 is 12.6. The number of aromatic amines is 1. The number of benzene rings is 3. The first-order valence-electron chi connectivity index (χ1n) is 11.2. The van der Waals surface area contributed by atoms with Gasteiger partial charge in [0.2, 0.25) is 5.62 Å². The van der Waals surface area contributed by atoms with Gasteiger partial charge in [-0.3, -0.25) is 10.1 Å². The van der Waals surface area contributed by atoms with Gasteiger partial charge in [0.25, 0.3) is 11.9 Å². The van der Waals surface area contributed by atoms with Crippen molar-refractivity contribution < 1.29 is 22.7 Å². The Morgan fingerprint density at radius 3 is 2.46 bits per heavy atom. The third kappa shape index (κ3) is 5.89. The number of tetrazole rings is 1. The molecule has 5 rings (SSSR count). The molecule has 0 radical (unpaired) electrons. The molecule has 39 heavy (non-hydrogen) atoms. The molecule has 0 spiro atoms. The van der Waals surface area contributed by atoms with E-state index in [4.69, 9.17) is 23.2 Å². The van der Waals surface area contributed by atoms with Crippen molar-refractivity contribution in [2.45, 2.75) is 12.9 Å². The molecule has 0 saturated heterocycles. The summed E-state index contributed by atoms with van der Waals surface area (Å²) in [6.45, 7) is 0.291. The highest BCUT2D eigenvalue weighted by atomic mass is 35.5. The van der Waals surface area contributed by atoms with E-state index in [0.29, 0.717) is 38.8 Å². The molecule has 3 aromatic carbocycles. The van der Waals surface area contributed by atoms with E-state index in [1.165, 1.54) is 18.2 Å². The van der Waals surface area contributed by atoms with E-state index in [-0.39, 0.29) is 11.6 Å². The number of ether oxygens (including phenoxy) is 1. The van der Waals surface area contributed by atoms with E-state index in [1.54, 1.807) is 54.1 Å². The maximum Gasteiger partial charge on any atom is 0.573 e. The predicted octanol–water partition coefficient (Wildman–Crippen LogP) is 5.23. The lowest BCUT2D eigenvalue weighted by molar-refractivity contribution is -0.274. The number of carbonyl (C=O) groups excluding carboxylic acids is 1. The number of anilines is 1. The zero-order chi connectivity index (χ0) is 27.7. The summed E-state index contributed by atoms with van der Waals surface area (Å²) in [7, 11) is 1.75. The number of hydrogen-bond donors (Lipinski definition) is 2. The number of halogens is 5. The second-order valence-electron chi connectivity index (χ2n) is 8.24. The van der Waals surface area contributed by atoms with Crippen LogP contribution in [0.3, 0.4) is 0 Å². The van der Waals surface area contributed by atoms with Crippen molar-refractivity contribution >= 4 is 51.8 Å². The number of amides is 1. The van der Waals surface area contributed by atoms with Gasteiger partial charge in [-0.25, -0.2) is 4.99 Å². The third-order valence-corrected chi connectivity index (χ3v) is 6.34. The Hall–Kier alpha value is -4.36. The van der Waals surface area contributed by atoms with Crippen LogP contribution in [0.25, 0.3) is 11.0 Å². The first kappa shape index (κ1) is 26.3. The van der Waals surface area contributed by atoms with Crippen molar-refractivity contribution in [3.8, 4) is 5.75 Å². The topological polar surface area (TPSA) is 115 Å². The van der Waals surface area contributed by atoms with Gasteiger partial charge in [0.15, 0.2) is 0 Å². The number of carbonyl (C=O) groups is 1. The van der Waals surface area contributed by atoms with Crippen LogP contribution in [0.1, 0.15) is 15.9 Å². The van der Waals surface area contributed by atoms with Crippen molar-refractivity contribution in [3.63, 3.8) is 0 Å². The molecule has 2 heterocycles. The van der Waals surface area contributed by atoms with Crippen molar-refractivity contribution in [3.05, 3.63) is 87.5 Å². The van der Waals surface area contributed by atoms with E-state index in [1.807, 2.05) is 4.57 Å². The number of hydrogen-bond acceptors (Lipinski definition) is 6. The average Bonchev–Trinajstić information content (AvgIpc) is 3.47. The molecule has 1 amide bonds. The molecule has 2 N–H and O–H groups in total. The van der Waals surface area contributed by atoms with Crippen LogP contribution in [0.2, 0.25) is 10.0 Å². The number of nitrogens with zero attached hydrogens (tertiary/aromatic N) is 6. The Morgan fingerprint density at radius 1 is 1.08 bits per heavy atom. The van der Waals surface area contributed by atoms with Crippen LogP contribution in [0.15, 0.2) is 65.7 Å². The molecule has 0 aliphatic carbocycles. The van der Waals surface area contributed by atoms with Gasteiger partial charge in [0.1, 0.15) is 5.75 Å². The van der Waals surface area contributed by atoms with Gasteiger partial charge in [-0.1, -0.05) is 46.5 Å². The van der Waals surface area contributed by atoms with Crippen LogP contribution in [0.5, 0.6) is 5.75 Å². The van der Waals surface area contributed by atoms with Crippen molar-refractivity contribution in [2.75, 3.05) is 5.32 Å². The average molecular weight is 577 g/mol. The molecule has 2 aromatic heterocycles. The Labute approximate surface area is 227 Å². The molecule has 200 valence electrons. The highest BCUT2D eigenvalue weighted by Crippen LogP contribution is 2.29. The van der Waals surface area contributed by atoms with Crippen molar-refractivity contribution in [1.29, 1.82) is 0 Å². The zero-order valence-corrected chi connectivity index (χ0v) is 21.4. The summed E-state index contributed by atoms with van der Waals surface area (Å²) in [5, 5.41) is 16.2. The fourth-order valence-electron chi connectivity index (χ4n) is 3.90. The number of aromatic nitrogens is 6. The summed E-state index contributed by atoms with van der Waals surface area (Å²) in [4.78, 5) is 17.1. The molecule has 5 aromatic rings. The molecule has 0 aliphatic rings. The van der Waals surface area contributed by atoms with E-state index in [9.17, 15) is 18.0 Å². The second-order valence-corrected chi connectivity index (χ2v) is 9.06. The van der Waals surface area contributed by atoms with Gasteiger partial charge in [0, 0.05) is 18.7 Å². The normalized spacial score (nSPS) is 12.2. The quantitative estimate of drug-likeness (QED) is 0.287. The molecule has 15 heteroatoms. The standard InChI is InChI=1S/C24H17Cl2F3N8O2/c1-36-19-10-17(25)18(26)11-20(19)37(23(36)30-15-3-2-4-16(9-15)39-24(27,28)29)12-13-5-7-14(8-6-13)21(38)31-22-32-34-35-33-22/h2-11H,12H2,1H3,(H2,31,32,33,34,35,38). The Balaban J connectivity index is 1.54. The van der Waals surface area contributed by atoms with Crippen LogP contribution in [-0.2, 0) is 13.6 Å². The van der Waals surface area contributed by atoms with Gasteiger partial charge in [-0.2, -0.15) is 5.21 Å². The molecule has 0 aliphatic heterocycles. The van der Waals surface area contributed by atoms with Gasteiger partial charge in [0.05, 0.1) is 33.3 Å². The Kier molecular flexibility index (Phi) is 7.02. The number of nitrogens with one attached hydrogen (secondary N) is 2. The maximum absolute atomic E-state index is 12.7. The molecule has 0 bridgehead atoms. The molecule has 0 atom stereocenters. The smallest absolute Gasteiger partial charge is 0.406 e. The van der Waals surface area contributed by atoms with Gasteiger partial charge >= 0.3 is 6.36 Å². The number of H-pyrrole nitrogens is 1. The molecular weight excluding hydrogens is 560 g/mol. The minimum absolute atomic E-state index is 0.0434. The molecular formula is C24H17Cl2F3N8O2. The van der Waals surface area contributed by atoms with E-state index < -0.39 is 18.0 Å². The Bertz CT molecular complexity index is 1730. The molecule has 0 fully saturated rings. The van der Waals surface area contributed by atoms with E-state index in [2.05, 4.69) is 35.7 Å². The maximum atomic E-state index is 12.7. The molecule has 10 nitrogen and oxygen atoms in total. The zero-order valence-electron chi connectivity index (χ0n) is 19.9. The summed E-state index contributed by atoms with van der Waals surface area (Å²) in [6, 6.07) is 15.5. The van der Waals surface area contributed by atoms with Crippen LogP contribution in [0.4, 0.5) is 24.8 Å². The van der Waals surface area contributed by atoms with E-state index >= 15 is 0 Å². The lowest BCUT2D eigenvalue weighted by Crippen LogP contribution is -2.24. The predicted molar refractivity (Wildman–Crippen MR) is 137 cm³/mol. The van der Waals surface area contributed by atoms with Gasteiger partial charge < -0.3 is 13.9 Å². The minimum atomic E-state index is -4.83. The number of rotatable bonds is 6. The van der Waals surface area contributed by atoms with Crippen LogP contribution >= 0.6 is 23.2 Å². The number of imidazole rings is 1. The highest BCUT2D eigenvalue weighted by molar-refractivity contribution is 6.42. The minimum Gasteiger partial charge on any atom is -0.406 e. The second kappa shape index (κ2) is 10.4. The van der Waals surface area contributed by atoms with Crippen LogP contribution in [0, 0.1) is 0 Å². The number of aryl methyl sites for hydroxylation is 1. The van der Waals surface area contributed by atoms with Gasteiger partial charge in [-0.05, 0) is 47.2 Å². The highest BCUT2D eigenvalue weighted by Gasteiger charge is 2.31. The fraction of sp³-hybridized carbons (Fsp3) is 0.125. The van der Waals surface area contributed by atoms with Gasteiger partial charge in [-0.15, -0.1) is 18.3 Å². The summed E-state index contributed by atoms with van der Waals surface area (Å²) in [6.07, 6.45) is -4.83. The van der Waals surface area contributed by atoms with E-state index in [0.717, 1.165) is 5.56 Å². The molecule has 0 unspecified atom stereocenters. The summed E-state index contributed by atoms with van der Waals surface area (Å²) in [5.74, 6) is -0.768. The lowest BCUT2D eigenvalue weighted by Gasteiger charge is -2.09. The molecule has 0 saturated carbocycles.